The predicted molar refractivity (Wildman–Crippen MR) is 82.4 cm³/mol. The van der Waals surface area contributed by atoms with Crippen molar-refractivity contribution in [2.45, 2.75) is 38.8 Å². The van der Waals surface area contributed by atoms with Gasteiger partial charge in [0.15, 0.2) is 5.65 Å². The molecule has 0 bridgehead atoms. The maximum absolute atomic E-state index is 8.94. The quantitative estimate of drug-likeness (QED) is 0.628. The van der Waals surface area contributed by atoms with Crippen LogP contribution >= 0.6 is 0 Å². The lowest BCUT2D eigenvalue weighted by atomic mass is 10.2. The smallest absolute Gasteiger partial charge is 0.161 e. The van der Waals surface area contributed by atoms with E-state index in [4.69, 9.17) is 9.84 Å². The zero-order valence-electron chi connectivity index (χ0n) is 12.5. The van der Waals surface area contributed by atoms with Crippen molar-refractivity contribution < 1.29 is 9.84 Å². The van der Waals surface area contributed by atoms with Crippen molar-refractivity contribution >= 4 is 19.2 Å². The van der Waals surface area contributed by atoms with Crippen molar-refractivity contribution in [2.75, 3.05) is 13.2 Å². The van der Waals surface area contributed by atoms with Crippen LogP contribution < -0.4 is 0 Å². The van der Waals surface area contributed by atoms with Crippen molar-refractivity contribution in [3.05, 3.63) is 24.2 Å². The first-order chi connectivity index (χ1) is 9.49. The maximum atomic E-state index is 8.94. The van der Waals surface area contributed by atoms with E-state index >= 15 is 0 Å². The molecule has 2 rings (SSSR count). The van der Waals surface area contributed by atoms with Crippen molar-refractivity contribution in [2.24, 2.45) is 0 Å². The zero-order valence-corrected chi connectivity index (χ0v) is 13.5. The van der Waals surface area contributed by atoms with Crippen molar-refractivity contribution in [3.8, 4) is 0 Å². The second kappa shape index (κ2) is 6.47. The zero-order chi connectivity index (χ0) is 14.6. The number of fused-ring (bicyclic) bond motifs is 1. The van der Waals surface area contributed by atoms with Crippen molar-refractivity contribution in [1.29, 1.82) is 0 Å². The molecule has 0 saturated carbocycles. The number of aliphatic hydroxyl groups is 1. The molecule has 2 heterocycles. The molecule has 2 aromatic heterocycles. The maximum Gasteiger partial charge on any atom is 0.161 e. The van der Waals surface area contributed by atoms with Gasteiger partial charge in [0.05, 0.1) is 6.33 Å². The van der Waals surface area contributed by atoms with E-state index in [1.165, 1.54) is 0 Å². The molecule has 110 valence electrons. The lowest BCUT2D eigenvalue weighted by Crippen LogP contribution is -2.22. The number of rotatable bonds is 7. The SMILES string of the molecule is C[Si](C)(C)CCOCn1cnc2cc(CCO)cnc21. The Balaban J connectivity index is 1.97. The van der Waals surface area contributed by atoms with E-state index in [9.17, 15) is 0 Å². The van der Waals surface area contributed by atoms with Gasteiger partial charge in [-0.05, 0) is 24.1 Å². The van der Waals surface area contributed by atoms with Crippen LogP contribution in [0.4, 0.5) is 0 Å². The number of pyridine rings is 1. The van der Waals surface area contributed by atoms with Gasteiger partial charge in [0.2, 0.25) is 0 Å². The molecule has 0 aliphatic heterocycles. The Labute approximate surface area is 120 Å². The van der Waals surface area contributed by atoms with Crippen LogP contribution in [0.5, 0.6) is 0 Å². The highest BCUT2D eigenvalue weighted by atomic mass is 28.3. The predicted octanol–water partition coefficient (Wildman–Crippen LogP) is 2.28. The normalized spacial score (nSPS) is 12.2. The monoisotopic (exact) mass is 293 g/mol. The third-order valence-corrected chi connectivity index (χ3v) is 4.84. The Kier molecular flexibility index (Phi) is 4.90. The fourth-order valence-electron chi connectivity index (χ4n) is 1.89. The standard InChI is InChI=1S/C14H23N3O2Si/c1-20(2,3)7-6-19-11-17-10-16-13-8-12(4-5-18)9-15-14(13)17/h8-10,18H,4-7,11H2,1-3H3. The molecule has 20 heavy (non-hydrogen) atoms. The minimum Gasteiger partial charge on any atom is -0.396 e. The average molecular weight is 293 g/mol. The Hall–Kier alpha value is -1.24. The fourth-order valence-corrected chi connectivity index (χ4v) is 2.65. The highest BCUT2D eigenvalue weighted by Crippen LogP contribution is 2.13. The molecule has 0 unspecified atom stereocenters. The first-order valence-corrected chi connectivity index (χ1v) is 10.7. The van der Waals surface area contributed by atoms with E-state index in [1.54, 1.807) is 12.5 Å². The Morgan fingerprint density at radius 3 is 2.80 bits per heavy atom. The summed E-state index contributed by atoms with van der Waals surface area (Å²) in [5, 5.41) is 8.94. The van der Waals surface area contributed by atoms with Crippen LogP contribution in [-0.4, -0.2) is 40.9 Å². The summed E-state index contributed by atoms with van der Waals surface area (Å²) in [6.45, 7) is 8.44. The van der Waals surface area contributed by atoms with Gasteiger partial charge in [0.25, 0.3) is 0 Å². The Bertz CT molecular complexity index is 563. The molecule has 0 spiro atoms. The molecule has 0 aliphatic carbocycles. The van der Waals surface area contributed by atoms with Crippen LogP contribution in [0.25, 0.3) is 11.2 Å². The molecule has 5 nitrogen and oxygen atoms in total. The van der Waals surface area contributed by atoms with Crippen LogP contribution in [0.15, 0.2) is 18.6 Å². The summed E-state index contributed by atoms with van der Waals surface area (Å²) in [7, 11) is -1.04. The number of hydrogen-bond acceptors (Lipinski definition) is 4. The molecule has 0 fully saturated rings. The molecule has 0 aromatic carbocycles. The number of hydrogen-bond donors (Lipinski definition) is 1. The number of aromatic nitrogens is 3. The number of ether oxygens (including phenoxy) is 1. The molecular weight excluding hydrogens is 270 g/mol. The van der Waals surface area contributed by atoms with Gasteiger partial charge in [-0.1, -0.05) is 19.6 Å². The summed E-state index contributed by atoms with van der Waals surface area (Å²) in [5.41, 5.74) is 2.69. The molecule has 0 aliphatic rings. The highest BCUT2D eigenvalue weighted by Gasteiger charge is 2.12. The second-order valence-corrected chi connectivity index (χ2v) is 11.8. The molecule has 0 atom stereocenters. The number of aliphatic hydroxyl groups excluding tert-OH is 1. The Morgan fingerprint density at radius 1 is 1.30 bits per heavy atom. The lowest BCUT2D eigenvalue weighted by molar-refractivity contribution is 0.0895. The summed E-state index contributed by atoms with van der Waals surface area (Å²) >= 11 is 0. The molecular formula is C14H23N3O2Si. The first-order valence-electron chi connectivity index (χ1n) is 6.98. The van der Waals surface area contributed by atoms with Gasteiger partial charge < -0.3 is 9.84 Å². The topological polar surface area (TPSA) is 60.2 Å². The van der Waals surface area contributed by atoms with E-state index in [1.807, 2.05) is 10.6 Å². The van der Waals surface area contributed by atoms with Gasteiger partial charge in [-0.15, -0.1) is 0 Å². The second-order valence-electron chi connectivity index (χ2n) is 6.22. The van der Waals surface area contributed by atoms with E-state index in [0.717, 1.165) is 29.4 Å². The fraction of sp³-hybridized carbons (Fsp3) is 0.571. The van der Waals surface area contributed by atoms with Crippen LogP contribution in [0, 0.1) is 0 Å². The summed E-state index contributed by atoms with van der Waals surface area (Å²) in [6.07, 6.45) is 4.16. The third-order valence-electron chi connectivity index (χ3n) is 3.14. The van der Waals surface area contributed by atoms with Crippen LogP contribution in [0.3, 0.4) is 0 Å². The van der Waals surface area contributed by atoms with Gasteiger partial charge in [-0.25, -0.2) is 9.97 Å². The minimum atomic E-state index is -1.04. The average Bonchev–Trinajstić information content (AvgIpc) is 2.76. The van der Waals surface area contributed by atoms with Crippen molar-refractivity contribution in [3.63, 3.8) is 0 Å². The van der Waals surface area contributed by atoms with Gasteiger partial charge in [-0.3, -0.25) is 4.57 Å². The summed E-state index contributed by atoms with van der Waals surface area (Å²) in [6, 6.07) is 3.13. The van der Waals surface area contributed by atoms with Gasteiger partial charge in [-0.2, -0.15) is 0 Å². The molecule has 0 amide bonds. The summed E-state index contributed by atoms with van der Waals surface area (Å²) < 4.78 is 7.64. The lowest BCUT2D eigenvalue weighted by Gasteiger charge is -2.15. The van der Waals surface area contributed by atoms with Crippen LogP contribution in [0.2, 0.25) is 25.7 Å². The summed E-state index contributed by atoms with van der Waals surface area (Å²) in [5.74, 6) is 0. The van der Waals surface area contributed by atoms with Gasteiger partial charge >= 0.3 is 0 Å². The van der Waals surface area contributed by atoms with Gasteiger partial charge in [0.1, 0.15) is 12.2 Å². The van der Waals surface area contributed by atoms with E-state index < -0.39 is 8.07 Å². The third kappa shape index (κ3) is 4.13. The highest BCUT2D eigenvalue weighted by molar-refractivity contribution is 6.76. The molecule has 1 N–H and O–H groups in total. The molecule has 0 radical (unpaired) electrons. The van der Waals surface area contributed by atoms with E-state index in [-0.39, 0.29) is 6.61 Å². The van der Waals surface area contributed by atoms with E-state index in [2.05, 4.69) is 29.6 Å². The number of imidazole rings is 1. The van der Waals surface area contributed by atoms with Crippen LogP contribution in [0.1, 0.15) is 5.56 Å². The van der Waals surface area contributed by atoms with Crippen molar-refractivity contribution in [1.82, 2.24) is 14.5 Å². The first kappa shape index (κ1) is 15.2. The minimum absolute atomic E-state index is 0.133. The van der Waals surface area contributed by atoms with Crippen LogP contribution in [-0.2, 0) is 17.9 Å². The van der Waals surface area contributed by atoms with E-state index in [0.29, 0.717) is 13.2 Å². The number of nitrogens with zero attached hydrogens (tertiary/aromatic N) is 3. The van der Waals surface area contributed by atoms with Gasteiger partial charge in [0, 0.05) is 27.5 Å². The largest absolute Gasteiger partial charge is 0.396 e. The summed E-state index contributed by atoms with van der Waals surface area (Å²) in [4.78, 5) is 8.74. The molecule has 0 saturated heterocycles. The molecule has 6 heteroatoms. The Morgan fingerprint density at radius 2 is 2.10 bits per heavy atom. The molecule has 2 aromatic rings.